The minimum Gasteiger partial charge on any atom is -0.497 e. The van der Waals surface area contributed by atoms with E-state index < -0.39 is 0 Å². The van der Waals surface area contributed by atoms with Crippen LogP contribution in [0.2, 0.25) is 0 Å². The first kappa shape index (κ1) is 14.2. The van der Waals surface area contributed by atoms with Crippen LogP contribution >= 0.6 is 0 Å². The second kappa shape index (κ2) is 6.78. The van der Waals surface area contributed by atoms with Gasteiger partial charge in [0.2, 0.25) is 0 Å². The predicted octanol–water partition coefficient (Wildman–Crippen LogP) is 2.33. The fourth-order valence-corrected chi connectivity index (χ4v) is 2.44. The molecule has 2 rings (SSSR count). The summed E-state index contributed by atoms with van der Waals surface area (Å²) >= 11 is 0. The number of morpholine rings is 1. The van der Waals surface area contributed by atoms with Gasteiger partial charge < -0.3 is 14.2 Å². The van der Waals surface area contributed by atoms with Crippen LogP contribution in [0.1, 0.15) is 25.0 Å². The third-order valence-corrected chi connectivity index (χ3v) is 3.44. The maximum Gasteiger partial charge on any atom is 0.153 e. The van der Waals surface area contributed by atoms with Crippen LogP contribution in [0.3, 0.4) is 0 Å². The van der Waals surface area contributed by atoms with Crippen LogP contribution in [-0.2, 0) is 4.74 Å². The molecule has 1 aliphatic heterocycles. The lowest BCUT2D eigenvalue weighted by atomic mass is 10.1. The Morgan fingerprint density at radius 2 is 1.89 bits per heavy atom. The van der Waals surface area contributed by atoms with E-state index in [4.69, 9.17) is 14.2 Å². The molecule has 1 aromatic carbocycles. The van der Waals surface area contributed by atoms with Gasteiger partial charge in [-0.1, -0.05) is 6.92 Å². The van der Waals surface area contributed by atoms with Crippen molar-refractivity contribution in [1.82, 2.24) is 4.90 Å². The number of hydrogen-bond acceptors (Lipinski definition) is 4. The molecule has 1 aromatic rings. The van der Waals surface area contributed by atoms with Crippen molar-refractivity contribution < 1.29 is 14.2 Å². The van der Waals surface area contributed by atoms with Crippen LogP contribution in [0, 0.1) is 0 Å². The van der Waals surface area contributed by atoms with Crippen LogP contribution in [0.15, 0.2) is 18.2 Å². The molecule has 4 nitrogen and oxygen atoms in total. The molecular formula is C15H23NO3+. The van der Waals surface area contributed by atoms with Gasteiger partial charge in [0, 0.05) is 6.07 Å². The minimum absolute atomic E-state index is 0.101. The van der Waals surface area contributed by atoms with Gasteiger partial charge in [-0.3, -0.25) is 0 Å². The lowest BCUT2D eigenvalue weighted by Crippen LogP contribution is -2.43. The Hall–Kier alpha value is -1.26. The highest BCUT2D eigenvalue weighted by Gasteiger charge is 2.29. The molecule has 0 aliphatic carbocycles. The van der Waals surface area contributed by atoms with E-state index in [2.05, 4.69) is 11.8 Å². The number of benzene rings is 1. The first-order valence-corrected chi connectivity index (χ1v) is 6.83. The molecule has 1 radical (unpaired) electrons. The molecular weight excluding hydrogens is 242 g/mol. The SMILES string of the molecule is CCC[N+]1CCOC(c2cc(OC)cc(OC)c2)C1. The van der Waals surface area contributed by atoms with Gasteiger partial charge in [0.25, 0.3) is 0 Å². The summed E-state index contributed by atoms with van der Waals surface area (Å²) in [5.74, 6) is 1.62. The fourth-order valence-electron chi connectivity index (χ4n) is 2.44. The Balaban J connectivity index is 2.15. The summed E-state index contributed by atoms with van der Waals surface area (Å²) in [5.41, 5.74) is 1.12. The number of methoxy groups -OCH3 is 2. The van der Waals surface area contributed by atoms with Gasteiger partial charge in [-0.25, -0.2) is 0 Å². The molecule has 0 amide bonds. The van der Waals surface area contributed by atoms with E-state index >= 15 is 0 Å². The van der Waals surface area contributed by atoms with Crippen molar-refractivity contribution in [2.75, 3.05) is 40.5 Å². The predicted molar refractivity (Wildman–Crippen MR) is 75.3 cm³/mol. The van der Waals surface area contributed by atoms with Crippen molar-refractivity contribution in [2.45, 2.75) is 19.4 Å². The van der Waals surface area contributed by atoms with Crippen molar-refractivity contribution in [1.29, 1.82) is 0 Å². The molecule has 1 atom stereocenters. The van der Waals surface area contributed by atoms with Crippen LogP contribution < -0.4 is 14.4 Å². The van der Waals surface area contributed by atoms with Crippen LogP contribution in [0.4, 0.5) is 0 Å². The molecule has 0 saturated carbocycles. The molecule has 0 bridgehead atoms. The van der Waals surface area contributed by atoms with E-state index in [1.54, 1.807) is 14.2 Å². The molecule has 0 N–H and O–H groups in total. The monoisotopic (exact) mass is 265 g/mol. The summed E-state index contributed by atoms with van der Waals surface area (Å²) in [6.45, 7) is 6.07. The highest BCUT2D eigenvalue weighted by atomic mass is 16.5. The Bertz CT molecular complexity index is 384. The Morgan fingerprint density at radius 1 is 1.21 bits per heavy atom. The van der Waals surface area contributed by atoms with E-state index in [0.29, 0.717) is 0 Å². The third-order valence-electron chi connectivity index (χ3n) is 3.44. The Labute approximate surface area is 115 Å². The van der Waals surface area contributed by atoms with E-state index in [1.807, 2.05) is 18.2 Å². The van der Waals surface area contributed by atoms with Crippen LogP contribution in [0.25, 0.3) is 0 Å². The van der Waals surface area contributed by atoms with E-state index in [1.165, 1.54) is 6.42 Å². The molecule has 1 fully saturated rings. The average Bonchev–Trinajstić information content (AvgIpc) is 2.47. The molecule has 19 heavy (non-hydrogen) atoms. The largest absolute Gasteiger partial charge is 0.497 e. The molecule has 0 aromatic heterocycles. The second-order valence-electron chi connectivity index (χ2n) is 4.81. The molecule has 1 unspecified atom stereocenters. The molecule has 1 heterocycles. The third kappa shape index (κ3) is 3.61. The number of hydrogen-bond donors (Lipinski definition) is 0. The second-order valence-corrected chi connectivity index (χ2v) is 4.81. The van der Waals surface area contributed by atoms with Gasteiger partial charge in [-0.2, -0.15) is 4.90 Å². The van der Waals surface area contributed by atoms with Crippen molar-refractivity contribution in [3.8, 4) is 11.5 Å². The van der Waals surface area contributed by atoms with Crippen molar-refractivity contribution in [3.63, 3.8) is 0 Å². The summed E-state index contributed by atoms with van der Waals surface area (Å²) in [6, 6.07) is 5.95. The minimum atomic E-state index is 0.101. The number of ether oxygens (including phenoxy) is 3. The maximum atomic E-state index is 5.89. The summed E-state index contributed by atoms with van der Waals surface area (Å²) in [5, 5.41) is 0. The van der Waals surface area contributed by atoms with E-state index in [-0.39, 0.29) is 6.10 Å². The normalized spacial score (nSPS) is 20.3. The van der Waals surface area contributed by atoms with Gasteiger partial charge in [-0.05, 0) is 24.1 Å². The van der Waals surface area contributed by atoms with Gasteiger partial charge >= 0.3 is 0 Å². The highest BCUT2D eigenvalue weighted by Crippen LogP contribution is 2.29. The smallest absolute Gasteiger partial charge is 0.153 e. The average molecular weight is 265 g/mol. The first-order chi connectivity index (χ1) is 9.26. The summed E-state index contributed by atoms with van der Waals surface area (Å²) in [6.07, 6.45) is 1.28. The Kier molecular flexibility index (Phi) is 5.05. The molecule has 1 aliphatic rings. The summed E-state index contributed by atoms with van der Waals surface area (Å²) < 4.78 is 16.5. The van der Waals surface area contributed by atoms with E-state index in [0.717, 1.165) is 43.3 Å². The van der Waals surface area contributed by atoms with Gasteiger partial charge in [-0.15, -0.1) is 0 Å². The van der Waals surface area contributed by atoms with Gasteiger partial charge in [0.15, 0.2) is 6.54 Å². The van der Waals surface area contributed by atoms with Gasteiger partial charge in [0.05, 0.1) is 14.2 Å². The molecule has 1 saturated heterocycles. The molecule has 0 spiro atoms. The van der Waals surface area contributed by atoms with Crippen LogP contribution in [0.5, 0.6) is 11.5 Å². The fraction of sp³-hybridized carbons (Fsp3) is 0.600. The lowest BCUT2D eigenvalue weighted by molar-refractivity contribution is 0.000109. The van der Waals surface area contributed by atoms with Crippen molar-refractivity contribution in [3.05, 3.63) is 23.8 Å². The summed E-state index contributed by atoms with van der Waals surface area (Å²) in [4.78, 5) is 2.44. The molecule has 105 valence electrons. The highest BCUT2D eigenvalue weighted by molar-refractivity contribution is 5.39. The maximum absolute atomic E-state index is 5.89. The zero-order chi connectivity index (χ0) is 13.7. The summed E-state index contributed by atoms with van der Waals surface area (Å²) in [7, 11) is 3.34. The first-order valence-electron chi connectivity index (χ1n) is 6.83. The van der Waals surface area contributed by atoms with Gasteiger partial charge in [0.1, 0.15) is 37.3 Å². The topological polar surface area (TPSA) is 33.6 Å². The number of rotatable bonds is 5. The van der Waals surface area contributed by atoms with Crippen molar-refractivity contribution in [2.24, 2.45) is 0 Å². The zero-order valence-corrected chi connectivity index (χ0v) is 12.0. The number of nitrogens with zero attached hydrogens (tertiary/aromatic N) is 1. The lowest BCUT2D eigenvalue weighted by Gasteiger charge is -2.26. The molecule has 4 heteroatoms. The Morgan fingerprint density at radius 3 is 2.47 bits per heavy atom. The van der Waals surface area contributed by atoms with Crippen molar-refractivity contribution >= 4 is 0 Å². The zero-order valence-electron chi connectivity index (χ0n) is 12.0. The van der Waals surface area contributed by atoms with Crippen LogP contribution in [-0.4, -0.2) is 40.5 Å². The standard InChI is InChI=1S/C15H23NO3/c1-4-5-16-6-7-19-15(11-16)12-8-13(17-2)10-14(9-12)18-3/h8-10,15H,4-7,11H2,1-3H3/q+1. The quantitative estimate of drug-likeness (QED) is 0.766. The van der Waals surface area contributed by atoms with E-state index in [9.17, 15) is 0 Å².